The van der Waals surface area contributed by atoms with Crippen molar-refractivity contribution >= 4 is 23.3 Å². The molecule has 0 saturated carbocycles. The summed E-state index contributed by atoms with van der Waals surface area (Å²) in [7, 11) is 1.54. The zero-order valence-electron chi connectivity index (χ0n) is 6.52. The summed E-state index contributed by atoms with van der Waals surface area (Å²) in [6.07, 6.45) is 4.75. The first-order valence-electron chi connectivity index (χ1n) is 3.51. The molecule has 0 unspecified atom stereocenters. The van der Waals surface area contributed by atoms with Gasteiger partial charge in [-0.05, 0) is 17.6 Å². The highest BCUT2D eigenvalue weighted by molar-refractivity contribution is 7.08. The number of hydrogen-bond donors (Lipinski definition) is 0. The molecular weight excluding hydrogens is 174 g/mol. The molecule has 0 atom stereocenters. The highest BCUT2D eigenvalue weighted by Gasteiger charge is 2.15. The Balaban J connectivity index is 2.45. The molecule has 0 fully saturated rings. The summed E-state index contributed by atoms with van der Waals surface area (Å²) in [5.74, 6) is 0. The lowest BCUT2D eigenvalue weighted by Gasteiger charge is -2.03. The van der Waals surface area contributed by atoms with E-state index in [0.29, 0.717) is 0 Å². The van der Waals surface area contributed by atoms with Gasteiger partial charge >= 0.3 is 0 Å². The minimum absolute atomic E-state index is 0.796. The summed E-state index contributed by atoms with van der Waals surface area (Å²) < 4.78 is 3.84. The topological polar surface area (TPSA) is 47.4 Å². The number of fused-ring (bicyclic) bond motifs is 1. The maximum absolute atomic E-state index is 4.71. The molecule has 0 bridgehead atoms. The Morgan fingerprint density at radius 1 is 1.67 bits per heavy atom. The van der Waals surface area contributed by atoms with Gasteiger partial charge in [0.1, 0.15) is 23.4 Å². The van der Waals surface area contributed by atoms with E-state index < -0.39 is 0 Å². The van der Waals surface area contributed by atoms with Crippen LogP contribution in [0.3, 0.4) is 0 Å². The molecule has 5 heteroatoms. The standard InChI is InChI=1S/C7H7N3OS/c1-11-9-6-4-2-3-5-7(6)12-10-8-5/h2-3H,4H2,1H3. The van der Waals surface area contributed by atoms with Gasteiger partial charge in [0, 0.05) is 6.42 Å². The number of oxime groups is 1. The summed E-state index contributed by atoms with van der Waals surface area (Å²) in [5.41, 5.74) is 1.80. The lowest BCUT2D eigenvalue weighted by Crippen LogP contribution is -2.03. The second-order valence-corrected chi connectivity index (χ2v) is 3.07. The SMILES string of the molecule is CON=C1CC=Cc2nnsc21. The summed E-state index contributed by atoms with van der Waals surface area (Å²) >= 11 is 1.35. The van der Waals surface area contributed by atoms with Crippen LogP contribution in [0.5, 0.6) is 0 Å². The van der Waals surface area contributed by atoms with Crippen molar-refractivity contribution in [3.63, 3.8) is 0 Å². The Morgan fingerprint density at radius 3 is 3.42 bits per heavy atom. The van der Waals surface area contributed by atoms with Gasteiger partial charge in [-0.3, -0.25) is 0 Å². The molecule has 1 aromatic heterocycles. The third kappa shape index (κ3) is 1.12. The molecule has 0 aromatic carbocycles. The maximum atomic E-state index is 4.71. The molecule has 0 aliphatic heterocycles. The van der Waals surface area contributed by atoms with Crippen LogP contribution in [0.25, 0.3) is 6.08 Å². The highest BCUT2D eigenvalue weighted by Crippen LogP contribution is 2.20. The first kappa shape index (κ1) is 7.42. The zero-order chi connectivity index (χ0) is 8.39. The predicted molar refractivity (Wildman–Crippen MR) is 47.1 cm³/mol. The molecule has 4 nitrogen and oxygen atoms in total. The van der Waals surface area contributed by atoms with Crippen molar-refractivity contribution in [3.8, 4) is 0 Å². The summed E-state index contributed by atoms with van der Waals surface area (Å²) in [6.45, 7) is 0. The number of nitrogens with zero attached hydrogens (tertiary/aromatic N) is 3. The van der Waals surface area contributed by atoms with E-state index in [0.717, 1.165) is 22.7 Å². The summed E-state index contributed by atoms with van der Waals surface area (Å²) in [6, 6.07) is 0. The Labute approximate surface area is 73.7 Å². The summed E-state index contributed by atoms with van der Waals surface area (Å²) in [4.78, 5) is 5.73. The van der Waals surface area contributed by atoms with Gasteiger partial charge in [0.05, 0.1) is 0 Å². The predicted octanol–water partition coefficient (Wildman–Crippen LogP) is 1.31. The number of hydrogen-bond acceptors (Lipinski definition) is 5. The van der Waals surface area contributed by atoms with Crippen LogP contribution in [0.15, 0.2) is 11.2 Å². The number of rotatable bonds is 1. The van der Waals surface area contributed by atoms with E-state index >= 15 is 0 Å². The van der Waals surface area contributed by atoms with E-state index in [4.69, 9.17) is 4.84 Å². The van der Waals surface area contributed by atoms with Crippen molar-refractivity contribution in [2.24, 2.45) is 5.16 Å². The maximum Gasteiger partial charge on any atom is 0.107 e. The zero-order valence-corrected chi connectivity index (χ0v) is 7.34. The Morgan fingerprint density at radius 2 is 2.58 bits per heavy atom. The Bertz CT molecular complexity index is 342. The minimum Gasteiger partial charge on any atom is -0.399 e. The number of aromatic nitrogens is 2. The van der Waals surface area contributed by atoms with Crippen LogP contribution >= 0.6 is 11.5 Å². The Kier molecular flexibility index (Phi) is 1.87. The molecule has 12 heavy (non-hydrogen) atoms. The minimum atomic E-state index is 0.796. The quantitative estimate of drug-likeness (QED) is 0.613. The van der Waals surface area contributed by atoms with E-state index in [-0.39, 0.29) is 0 Å². The van der Waals surface area contributed by atoms with Crippen molar-refractivity contribution in [1.82, 2.24) is 9.59 Å². The Hall–Kier alpha value is -1.23. The second-order valence-electron chi connectivity index (χ2n) is 2.31. The van der Waals surface area contributed by atoms with E-state index in [1.807, 2.05) is 12.2 Å². The van der Waals surface area contributed by atoms with Crippen LogP contribution in [-0.2, 0) is 4.84 Å². The molecule has 0 N–H and O–H groups in total. The van der Waals surface area contributed by atoms with Crippen LogP contribution in [-0.4, -0.2) is 22.4 Å². The van der Waals surface area contributed by atoms with Gasteiger partial charge in [-0.25, -0.2) is 0 Å². The average molecular weight is 181 g/mol. The molecule has 1 aromatic rings. The number of allylic oxidation sites excluding steroid dienone is 1. The fourth-order valence-electron chi connectivity index (χ4n) is 1.07. The third-order valence-electron chi connectivity index (χ3n) is 1.56. The monoisotopic (exact) mass is 181 g/mol. The van der Waals surface area contributed by atoms with Gasteiger partial charge < -0.3 is 4.84 Å². The van der Waals surface area contributed by atoms with Crippen LogP contribution in [0, 0.1) is 0 Å². The molecule has 62 valence electrons. The van der Waals surface area contributed by atoms with E-state index in [2.05, 4.69) is 14.7 Å². The molecule has 0 saturated heterocycles. The molecule has 0 spiro atoms. The first-order valence-corrected chi connectivity index (χ1v) is 4.28. The van der Waals surface area contributed by atoms with E-state index in [9.17, 15) is 0 Å². The van der Waals surface area contributed by atoms with Crippen molar-refractivity contribution in [3.05, 3.63) is 16.6 Å². The lowest BCUT2D eigenvalue weighted by atomic mass is 10.1. The smallest absolute Gasteiger partial charge is 0.107 e. The normalized spacial score (nSPS) is 17.9. The first-order chi connectivity index (χ1) is 5.92. The van der Waals surface area contributed by atoms with Crippen molar-refractivity contribution in [2.75, 3.05) is 7.11 Å². The molecule has 2 rings (SSSR count). The molecular formula is C7H7N3OS. The molecule has 1 heterocycles. The third-order valence-corrected chi connectivity index (χ3v) is 2.35. The highest BCUT2D eigenvalue weighted by atomic mass is 32.1. The molecule has 0 radical (unpaired) electrons. The van der Waals surface area contributed by atoms with Crippen LogP contribution in [0.2, 0.25) is 0 Å². The summed E-state index contributed by atoms with van der Waals surface area (Å²) in [5, 5.41) is 7.83. The van der Waals surface area contributed by atoms with Gasteiger partial charge in [0.15, 0.2) is 0 Å². The van der Waals surface area contributed by atoms with Crippen LogP contribution < -0.4 is 0 Å². The largest absolute Gasteiger partial charge is 0.399 e. The molecule has 1 aliphatic rings. The van der Waals surface area contributed by atoms with Crippen molar-refractivity contribution < 1.29 is 4.84 Å². The van der Waals surface area contributed by atoms with Gasteiger partial charge in [-0.15, -0.1) is 5.10 Å². The van der Waals surface area contributed by atoms with Crippen molar-refractivity contribution in [2.45, 2.75) is 6.42 Å². The molecule has 1 aliphatic carbocycles. The van der Waals surface area contributed by atoms with E-state index in [1.165, 1.54) is 11.5 Å². The van der Waals surface area contributed by atoms with Gasteiger partial charge in [0.25, 0.3) is 0 Å². The molecule has 0 amide bonds. The van der Waals surface area contributed by atoms with Gasteiger partial charge in [-0.2, -0.15) is 0 Å². The fourth-order valence-corrected chi connectivity index (χ4v) is 1.71. The van der Waals surface area contributed by atoms with E-state index in [1.54, 1.807) is 7.11 Å². The van der Waals surface area contributed by atoms with Crippen molar-refractivity contribution in [1.29, 1.82) is 0 Å². The second kappa shape index (κ2) is 3.02. The van der Waals surface area contributed by atoms with Gasteiger partial charge in [-0.1, -0.05) is 15.7 Å². The van der Waals surface area contributed by atoms with Gasteiger partial charge in [0.2, 0.25) is 0 Å². The van der Waals surface area contributed by atoms with Crippen LogP contribution in [0.4, 0.5) is 0 Å². The lowest BCUT2D eigenvalue weighted by molar-refractivity contribution is 0.213. The van der Waals surface area contributed by atoms with Crippen LogP contribution in [0.1, 0.15) is 17.0 Å². The fraction of sp³-hybridized carbons (Fsp3) is 0.286. The average Bonchev–Trinajstić information content (AvgIpc) is 2.53.